The van der Waals surface area contributed by atoms with Crippen molar-refractivity contribution in [2.24, 2.45) is 0 Å². The van der Waals surface area contributed by atoms with E-state index in [4.69, 9.17) is 9.94 Å². The molecule has 1 aliphatic carbocycles. The minimum Gasteiger partial charge on any atom is -0.480 e. The Morgan fingerprint density at radius 2 is 2.20 bits per heavy atom. The molecule has 4 nitrogen and oxygen atoms in total. The topological polar surface area (TPSA) is 58.6 Å². The molecule has 1 fully saturated rings. The second kappa shape index (κ2) is 6.80. The summed E-state index contributed by atoms with van der Waals surface area (Å²) in [6, 6.07) is -0.550. The van der Waals surface area contributed by atoms with Gasteiger partial charge < -0.3 is 5.11 Å². The standard InChI is InChI=1S/C11H21NO3/c1-2-3-8-10(11(13)14)12-15-9-6-4-5-7-9/h9-10,12H,2-8H2,1H3,(H,13,14). The third-order valence-electron chi connectivity index (χ3n) is 2.82. The fourth-order valence-corrected chi connectivity index (χ4v) is 1.83. The van der Waals surface area contributed by atoms with E-state index < -0.39 is 12.0 Å². The largest absolute Gasteiger partial charge is 0.480 e. The fraction of sp³-hybridized carbons (Fsp3) is 0.909. The number of carboxylic acid groups (broad SMARTS) is 1. The highest BCUT2D eigenvalue weighted by atomic mass is 16.7. The smallest absolute Gasteiger partial charge is 0.323 e. The number of aliphatic carboxylic acids is 1. The van der Waals surface area contributed by atoms with Crippen LogP contribution >= 0.6 is 0 Å². The van der Waals surface area contributed by atoms with Crippen LogP contribution in [0.3, 0.4) is 0 Å². The van der Waals surface area contributed by atoms with Crippen LogP contribution in [0.1, 0.15) is 51.9 Å². The van der Waals surface area contributed by atoms with Crippen LogP contribution in [0.4, 0.5) is 0 Å². The highest BCUT2D eigenvalue weighted by Gasteiger charge is 2.21. The van der Waals surface area contributed by atoms with Gasteiger partial charge in [-0.25, -0.2) is 0 Å². The maximum absolute atomic E-state index is 10.9. The molecule has 0 bridgehead atoms. The van der Waals surface area contributed by atoms with Crippen molar-refractivity contribution in [1.82, 2.24) is 5.48 Å². The molecule has 15 heavy (non-hydrogen) atoms. The number of hydrogen-bond donors (Lipinski definition) is 2. The molecule has 0 aromatic heterocycles. The Kier molecular flexibility index (Phi) is 5.65. The molecule has 0 aromatic rings. The van der Waals surface area contributed by atoms with Gasteiger partial charge in [0.15, 0.2) is 0 Å². The molecule has 0 spiro atoms. The average molecular weight is 215 g/mol. The van der Waals surface area contributed by atoms with E-state index >= 15 is 0 Å². The Labute approximate surface area is 91.0 Å². The second-order valence-corrected chi connectivity index (χ2v) is 4.18. The molecule has 0 aromatic carbocycles. The van der Waals surface area contributed by atoms with Gasteiger partial charge in [-0.1, -0.05) is 32.6 Å². The van der Waals surface area contributed by atoms with Gasteiger partial charge in [0.1, 0.15) is 6.04 Å². The van der Waals surface area contributed by atoms with Crippen LogP contribution in [-0.2, 0) is 9.63 Å². The summed E-state index contributed by atoms with van der Waals surface area (Å²) in [5, 5.41) is 8.93. The van der Waals surface area contributed by atoms with Gasteiger partial charge >= 0.3 is 5.97 Å². The molecule has 1 unspecified atom stereocenters. The molecule has 1 atom stereocenters. The first kappa shape index (κ1) is 12.5. The van der Waals surface area contributed by atoms with Crippen molar-refractivity contribution in [2.75, 3.05) is 0 Å². The molecule has 1 rings (SSSR count). The second-order valence-electron chi connectivity index (χ2n) is 4.18. The summed E-state index contributed by atoms with van der Waals surface area (Å²) in [5.41, 5.74) is 2.70. The van der Waals surface area contributed by atoms with E-state index in [2.05, 4.69) is 12.4 Å². The zero-order valence-electron chi connectivity index (χ0n) is 9.37. The van der Waals surface area contributed by atoms with Crippen LogP contribution in [0.2, 0.25) is 0 Å². The van der Waals surface area contributed by atoms with Crippen LogP contribution in [0.15, 0.2) is 0 Å². The summed E-state index contributed by atoms with van der Waals surface area (Å²) < 4.78 is 0. The number of hydrogen-bond acceptors (Lipinski definition) is 3. The molecule has 4 heteroatoms. The van der Waals surface area contributed by atoms with Crippen molar-refractivity contribution in [3.63, 3.8) is 0 Å². The summed E-state index contributed by atoms with van der Waals surface area (Å²) >= 11 is 0. The van der Waals surface area contributed by atoms with Crippen molar-refractivity contribution in [3.05, 3.63) is 0 Å². The third-order valence-corrected chi connectivity index (χ3v) is 2.82. The Hall–Kier alpha value is -0.610. The van der Waals surface area contributed by atoms with Gasteiger partial charge in [0.2, 0.25) is 0 Å². The van der Waals surface area contributed by atoms with Crippen molar-refractivity contribution in [3.8, 4) is 0 Å². The van der Waals surface area contributed by atoms with Crippen molar-refractivity contribution >= 4 is 5.97 Å². The van der Waals surface area contributed by atoms with Gasteiger partial charge in [-0.2, -0.15) is 5.48 Å². The molecule has 0 amide bonds. The number of hydroxylamine groups is 1. The highest BCUT2D eigenvalue weighted by Crippen LogP contribution is 2.20. The lowest BCUT2D eigenvalue weighted by atomic mass is 10.1. The summed E-state index contributed by atoms with van der Waals surface area (Å²) in [4.78, 5) is 16.3. The van der Waals surface area contributed by atoms with E-state index in [1.807, 2.05) is 0 Å². The van der Waals surface area contributed by atoms with Gasteiger partial charge in [-0.05, 0) is 19.3 Å². The molecular weight excluding hydrogens is 194 g/mol. The van der Waals surface area contributed by atoms with E-state index in [1.54, 1.807) is 0 Å². The number of unbranched alkanes of at least 4 members (excludes halogenated alkanes) is 1. The highest BCUT2D eigenvalue weighted by molar-refractivity contribution is 5.73. The number of carbonyl (C=O) groups is 1. The maximum atomic E-state index is 10.9. The lowest BCUT2D eigenvalue weighted by Crippen LogP contribution is -2.38. The van der Waals surface area contributed by atoms with Crippen LogP contribution in [0.25, 0.3) is 0 Å². The first-order chi connectivity index (χ1) is 7.24. The zero-order chi connectivity index (χ0) is 11.1. The fourth-order valence-electron chi connectivity index (χ4n) is 1.83. The number of carboxylic acids is 1. The quantitative estimate of drug-likeness (QED) is 0.638. The SMILES string of the molecule is CCCCC(NOC1CCCC1)C(=O)O. The Bertz CT molecular complexity index is 190. The third kappa shape index (κ3) is 4.62. The Morgan fingerprint density at radius 3 is 2.73 bits per heavy atom. The molecule has 1 saturated carbocycles. The zero-order valence-corrected chi connectivity index (χ0v) is 9.37. The van der Waals surface area contributed by atoms with Gasteiger partial charge in [0, 0.05) is 0 Å². The van der Waals surface area contributed by atoms with Crippen LogP contribution in [-0.4, -0.2) is 23.2 Å². The van der Waals surface area contributed by atoms with E-state index in [9.17, 15) is 4.79 Å². The predicted octanol–water partition coefficient (Wildman–Crippen LogP) is 2.09. The minimum absolute atomic E-state index is 0.216. The number of nitrogens with one attached hydrogen (secondary N) is 1. The van der Waals surface area contributed by atoms with Crippen LogP contribution in [0, 0.1) is 0 Å². The van der Waals surface area contributed by atoms with Crippen molar-refractivity contribution in [2.45, 2.75) is 64.0 Å². The molecule has 0 radical (unpaired) electrons. The van der Waals surface area contributed by atoms with E-state index in [-0.39, 0.29) is 6.10 Å². The van der Waals surface area contributed by atoms with Gasteiger partial charge in [-0.3, -0.25) is 9.63 Å². The Morgan fingerprint density at radius 1 is 1.53 bits per heavy atom. The van der Waals surface area contributed by atoms with E-state index in [0.717, 1.165) is 25.7 Å². The molecule has 2 N–H and O–H groups in total. The predicted molar refractivity (Wildman–Crippen MR) is 57.4 cm³/mol. The normalized spacial score (nSPS) is 19.3. The molecule has 0 saturated heterocycles. The van der Waals surface area contributed by atoms with E-state index in [0.29, 0.717) is 6.42 Å². The van der Waals surface area contributed by atoms with Gasteiger partial charge in [-0.15, -0.1) is 0 Å². The first-order valence-electron chi connectivity index (χ1n) is 5.88. The Balaban J connectivity index is 2.20. The molecule has 0 aliphatic heterocycles. The molecule has 88 valence electrons. The van der Waals surface area contributed by atoms with Crippen molar-refractivity contribution < 1.29 is 14.7 Å². The van der Waals surface area contributed by atoms with Gasteiger partial charge in [0.25, 0.3) is 0 Å². The molecule has 0 heterocycles. The number of rotatable bonds is 7. The summed E-state index contributed by atoms with van der Waals surface area (Å²) in [7, 11) is 0. The molecule has 1 aliphatic rings. The maximum Gasteiger partial charge on any atom is 0.323 e. The first-order valence-corrected chi connectivity index (χ1v) is 5.88. The summed E-state index contributed by atoms with van der Waals surface area (Å²) in [6.07, 6.45) is 7.26. The van der Waals surface area contributed by atoms with Gasteiger partial charge in [0.05, 0.1) is 6.10 Å². The lowest BCUT2D eigenvalue weighted by molar-refractivity contribution is -0.146. The average Bonchev–Trinajstić information content (AvgIpc) is 2.70. The van der Waals surface area contributed by atoms with Crippen LogP contribution < -0.4 is 5.48 Å². The summed E-state index contributed by atoms with van der Waals surface area (Å²) in [6.45, 7) is 2.05. The lowest BCUT2D eigenvalue weighted by Gasteiger charge is -2.17. The molecular formula is C11H21NO3. The monoisotopic (exact) mass is 215 g/mol. The van der Waals surface area contributed by atoms with Crippen molar-refractivity contribution in [1.29, 1.82) is 0 Å². The van der Waals surface area contributed by atoms with E-state index in [1.165, 1.54) is 12.8 Å². The van der Waals surface area contributed by atoms with Crippen LogP contribution in [0.5, 0.6) is 0 Å². The minimum atomic E-state index is -0.818. The summed E-state index contributed by atoms with van der Waals surface area (Å²) in [5.74, 6) is -0.818.